The van der Waals surface area contributed by atoms with E-state index in [0.29, 0.717) is 17.7 Å². The fourth-order valence-electron chi connectivity index (χ4n) is 1.13. The number of hydrogen-bond donors (Lipinski definition) is 1. The maximum absolute atomic E-state index is 11.8. The Morgan fingerprint density at radius 1 is 1.36 bits per heavy atom. The van der Waals surface area contributed by atoms with Gasteiger partial charge in [-0.25, -0.2) is 0 Å². The Hall–Kier alpha value is -0.780. The minimum atomic E-state index is -4.04. The van der Waals surface area contributed by atoms with Crippen LogP contribution >= 0.6 is 12.2 Å². The van der Waals surface area contributed by atoms with E-state index in [4.69, 9.17) is 12.2 Å². The van der Waals surface area contributed by atoms with Gasteiger partial charge in [-0.15, -0.1) is 0 Å². The van der Waals surface area contributed by atoms with E-state index < -0.39 is 12.6 Å². The first-order valence-electron chi connectivity index (χ1n) is 4.29. The molecule has 0 aromatic carbocycles. The highest BCUT2D eigenvalue weighted by Crippen LogP contribution is 2.22. The molecular weight excluding hydrogens is 213 g/mol. The second-order valence-corrected chi connectivity index (χ2v) is 3.42. The molecule has 6 heteroatoms. The summed E-state index contributed by atoms with van der Waals surface area (Å²) >= 11 is 4.89. The first-order chi connectivity index (χ1) is 6.49. The third kappa shape index (κ3) is 3.95. The molecule has 0 aliphatic rings. The zero-order valence-electron chi connectivity index (χ0n) is 7.47. The lowest BCUT2D eigenvalue weighted by atomic mass is 10.2. The van der Waals surface area contributed by atoms with Crippen LogP contribution in [0.2, 0.25) is 0 Å². The van der Waals surface area contributed by atoms with Crippen LogP contribution in [-0.4, -0.2) is 15.7 Å². The number of H-pyrrole nitrogens is 1. The highest BCUT2D eigenvalue weighted by atomic mass is 32.1. The molecular formula is C8H11F3N2S. The molecule has 0 spiro atoms. The first kappa shape index (κ1) is 11.3. The number of hydrogen-bond acceptors (Lipinski definition) is 1. The van der Waals surface area contributed by atoms with E-state index in [1.165, 1.54) is 0 Å². The molecule has 14 heavy (non-hydrogen) atoms. The van der Waals surface area contributed by atoms with Gasteiger partial charge in [-0.3, -0.25) is 0 Å². The normalized spacial score (nSPS) is 11.9. The van der Waals surface area contributed by atoms with E-state index >= 15 is 0 Å². The van der Waals surface area contributed by atoms with Crippen molar-refractivity contribution in [3.05, 3.63) is 17.2 Å². The molecule has 0 atom stereocenters. The Balaban J connectivity index is 2.23. The van der Waals surface area contributed by atoms with Crippen molar-refractivity contribution >= 4 is 12.2 Å². The second kappa shape index (κ2) is 4.63. The smallest absolute Gasteiger partial charge is 0.337 e. The number of nitrogens with zero attached hydrogens (tertiary/aromatic N) is 1. The van der Waals surface area contributed by atoms with Gasteiger partial charge >= 0.3 is 6.18 Å². The van der Waals surface area contributed by atoms with Gasteiger partial charge in [-0.2, -0.15) is 13.2 Å². The summed E-state index contributed by atoms with van der Waals surface area (Å²) < 4.78 is 37.6. The van der Waals surface area contributed by atoms with Crippen LogP contribution in [0.25, 0.3) is 0 Å². The molecule has 0 saturated heterocycles. The Morgan fingerprint density at radius 2 is 2.07 bits per heavy atom. The predicted molar refractivity (Wildman–Crippen MR) is 49.5 cm³/mol. The Bertz CT molecular complexity index is 326. The molecule has 0 aliphatic carbocycles. The molecule has 0 amide bonds. The standard InChI is InChI=1S/C8H11F3N2S/c9-8(10,11)3-1-2-5-13-6-4-12-7(13)14/h4,6H,1-3,5H2,(H,12,14). The zero-order chi connectivity index (χ0) is 10.6. The lowest BCUT2D eigenvalue weighted by Gasteiger charge is -2.05. The summed E-state index contributed by atoms with van der Waals surface area (Å²) in [7, 11) is 0. The van der Waals surface area contributed by atoms with Crippen molar-refractivity contribution in [1.29, 1.82) is 0 Å². The fourth-order valence-corrected chi connectivity index (χ4v) is 1.35. The van der Waals surface area contributed by atoms with Crippen molar-refractivity contribution in [2.75, 3.05) is 0 Å². The summed E-state index contributed by atoms with van der Waals surface area (Å²) in [6.07, 6.45) is -0.714. The Kier molecular flexibility index (Phi) is 3.74. The van der Waals surface area contributed by atoms with Gasteiger partial charge in [0.25, 0.3) is 0 Å². The van der Waals surface area contributed by atoms with Crippen LogP contribution in [0.5, 0.6) is 0 Å². The van der Waals surface area contributed by atoms with Crippen LogP contribution < -0.4 is 0 Å². The highest BCUT2D eigenvalue weighted by Gasteiger charge is 2.25. The number of aromatic nitrogens is 2. The maximum atomic E-state index is 11.8. The largest absolute Gasteiger partial charge is 0.389 e. The maximum Gasteiger partial charge on any atom is 0.389 e. The first-order valence-corrected chi connectivity index (χ1v) is 4.70. The van der Waals surface area contributed by atoms with Gasteiger partial charge in [-0.05, 0) is 25.1 Å². The molecule has 0 radical (unpaired) electrons. The van der Waals surface area contributed by atoms with E-state index in [-0.39, 0.29) is 6.42 Å². The molecule has 1 aromatic rings. The van der Waals surface area contributed by atoms with E-state index in [9.17, 15) is 13.2 Å². The van der Waals surface area contributed by atoms with Crippen molar-refractivity contribution in [2.45, 2.75) is 32.0 Å². The zero-order valence-corrected chi connectivity index (χ0v) is 8.29. The number of imidazole rings is 1. The second-order valence-electron chi connectivity index (χ2n) is 3.03. The van der Waals surface area contributed by atoms with Crippen molar-refractivity contribution in [3.63, 3.8) is 0 Å². The monoisotopic (exact) mass is 224 g/mol. The average molecular weight is 224 g/mol. The topological polar surface area (TPSA) is 20.7 Å². The minimum Gasteiger partial charge on any atom is -0.337 e. The van der Waals surface area contributed by atoms with Crippen LogP contribution in [0.3, 0.4) is 0 Å². The van der Waals surface area contributed by atoms with E-state index in [0.717, 1.165) is 0 Å². The van der Waals surface area contributed by atoms with Crippen molar-refractivity contribution in [1.82, 2.24) is 9.55 Å². The van der Waals surface area contributed by atoms with Crippen molar-refractivity contribution in [2.24, 2.45) is 0 Å². The van der Waals surface area contributed by atoms with Crippen LogP contribution in [0.15, 0.2) is 12.4 Å². The number of nitrogens with one attached hydrogen (secondary N) is 1. The summed E-state index contributed by atoms with van der Waals surface area (Å²) in [5.74, 6) is 0. The molecule has 1 rings (SSSR count). The van der Waals surface area contributed by atoms with E-state index in [2.05, 4.69) is 4.98 Å². The molecule has 0 fully saturated rings. The molecule has 0 bridgehead atoms. The van der Waals surface area contributed by atoms with Gasteiger partial charge in [0.05, 0.1) is 0 Å². The Labute approximate surface area is 84.8 Å². The lowest BCUT2D eigenvalue weighted by molar-refractivity contribution is -0.135. The van der Waals surface area contributed by atoms with Crippen molar-refractivity contribution in [3.8, 4) is 0 Å². The predicted octanol–water partition coefficient (Wildman–Crippen LogP) is 3.28. The van der Waals surface area contributed by atoms with E-state index in [1.54, 1.807) is 17.0 Å². The van der Waals surface area contributed by atoms with Gasteiger partial charge in [0.1, 0.15) is 0 Å². The number of halogens is 3. The number of rotatable bonds is 4. The van der Waals surface area contributed by atoms with Crippen LogP contribution in [0.1, 0.15) is 19.3 Å². The highest BCUT2D eigenvalue weighted by molar-refractivity contribution is 7.71. The molecule has 1 N–H and O–H groups in total. The lowest BCUT2D eigenvalue weighted by Crippen LogP contribution is -2.07. The average Bonchev–Trinajstić information content (AvgIpc) is 2.44. The van der Waals surface area contributed by atoms with Crippen LogP contribution in [-0.2, 0) is 6.54 Å². The summed E-state index contributed by atoms with van der Waals surface area (Å²) in [6, 6.07) is 0. The fraction of sp³-hybridized carbons (Fsp3) is 0.625. The molecule has 0 saturated carbocycles. The van der Waals surface area contributed by atoms with Crippen molar-refractivity contribution < 1.29 is 13.2 Å². The summed E-state index contributed by atoms with van der Waals surface area (Å²) in [5, 5.41) is 0. The molecule has 0 unspecified atom stereocenters. The molecule has 1 aromatic heterocycles. The SMILES string of the molecule is FC(F)(F)CCCCn1cc[nH]c1=S. The summed E-state index contributed by atoms with van der Waals surface area (Å²) in [5.41, 5.74) is 0. The number of aromatic amines is 1. The van der Waals surface area contributed by atoms with Gasteiger partial charge in [0.2, 0.25) is 0 Å². The third-order valence-electron chi connectivity index (χ3n) is 1.83. The molecule has 0 aliphatic heterocycles. The molecule has 2 nitrogen and oxygen atoms in total. The molecule has 80 valence electrons. The van der Waals surface area contributed by atoms with Gasteiger partial charge in [0, 0.05) is 25.4 Å². The van der Waals surface area contributed by atoms with Gasteiger partial charge in [0.15, 0.2) is 4.77 Å². The Morgan fingerprint density at radius 3 is 2.57 bits per heavy atom. The number of aryl methyl sites for hydroxylation is 1. The van der Waals surface area contributed by atoms with Gasteiger partial charge in [-0.1, -0.05) is 0 Å². The van der Waals surface area contributed by atoms with Crippen LogP contribution in [0, 0.1) is 4.77 Å². The minimum absolute atomic E-state index is 0.149. The van der Waals surface area contributed by atoms with E-state index in [1.807, 2.05) is 0 Å². The number of alkyl halides is 3. The molecule has 1 heterocycles. The van der Waals surface area contributed by atoms with Crippen LogP contribution in [0.4, 0.5) is 13.2 Å². The third-order valence-corrected chi connectivity index (χ3v) is 2.18. The van der Waals surface area contributed by atoms with Gasteiger partial charge < -0.3 is 9.55 Å². The summed E-state index contributed by atoms with van der Waals surface area (Å²) in [4.78, 5) is 2.78. The number of unbranched alkanes of at least 4 members (excludes halogenated alkanes) is 1. The quantitative estimate of drug-likeness (QED) is 0.615. The summed E-state index contributed by atoms with van der Waals surface area (Å²) in [6.45, 7) is 0.540.